The third-order valence-electron chi connectivity index (χ3n) is 5.18. The molecular formula is C22H25N5OS. The summed E-state index contributed by atoms with van der Waals surface area (Å²) < 4.78 is 1.77. The minimum Gasteiger partial charge on any atom is -0.351 e. The van der Waals surface area contributed by atoms with Crippen LogP contribution in [0.4, 0.5) is 0 Å². The highest BCUT2D eigenvalue weighted by Crippen LogP contribution is 2.24. The lowest BCUT2D eigenvalue weighted by atomic mass is 10.1. The van der Waals surface area contributed by atoms with Gasteiger partial charge in [0, 0.05) is 36.6 Å². The summed E-state index contributed by atoms with van der Waals surface area (Å²) in [6.45, 7) is 5.47. The maximum Gasteiger partial charge on any atom is 0.244 e. The van der Waals surface area contributed by atoms with Crippen molar-refractivity contribution in [2.24, 2.45) is 0 Å². The van der Waals surface area contributed by atoms with Gasteiger partial charge in [0.2, 0.25) is 5.91 Å². The topological polar surface area (TPSA) is 63.1 Å². The zero-order chi connectivity index (χ0) is 20.1. The van der Waals surface area contributed by atoms with Crippen molar-refractivity contribution in [3.8, 4) is 0 Å². The Morgan fingerprint density at radius 3 is 3.03 bits per heavy atom. The van der Waals surface area contributed by atoms with Crippen LogP contribution in [0, 0.1) is 0 Å². The fourth-order valence-corrected chi connectivity index (χ4v) is 4.37. The molecule has 150 valence electrons. The molecule has 29 heavy (non-hydrogen) atoms. The normalized spacial score (nSPS) is 15.3. The molecule has 0 bridgehead atoms. The van der Waals surface area contributed by atoms with Crippen molar-refractivity contribution >= 4 is 23.3 Å². The summed E-state index contributed by atoms with van der Waals surface area (Å²) in [5, 5.41) is 13.4. The number of rotatable bonds is 7. The lowest BCUT2D eigenvalue weighted by molar-refractivity contribution is -0.116. The van der Waals surface area contributed by atoms with E-state index in [1.807, 2.05) is 47.9 Å². The molecule has 4 rings (SSSR count). The van der Waals surface area contributed by atoms with Crippen molar-refractivity contribution in [1.82, 2.24) is 25.2 Å². The summed E-state index contributed by atoms with van der Waals surface area (Å²) in [5.74, 6) is -0.109. The SMILES string of the molecule is CC(CNC(=O)/C=C/c1cn(Cc2ccccc2)nn1)N1CCc2sccc2C1. The average molecular weight is 408 g/mol. The summed E-state index contributed by atoms with van der Waals surface area (Å²) in [6, 6.07) is 12.6. The van der Waals surface area contributed by atoms with Crippen LogP contribution >= 0.6 is 11.3 Å². The van der Waals surface area contributed by atoms with E-state index in [1.54, 1.807) is 10.8 Å². The maximum absolute atomic E-state index is 12.2. The number of carbonyl (C=O) groups is 1. The first kappa shape index (κ1) is 19.5. The number of nitrogens with zero attached hydrogens (tertiary/aromatic N) is 4. The van der Waals surface area contributed by atoms with E-state index >= 15 is 0 Å². The molecule has 1 amide bonds. The minimum absolute atomic E-state index is 0.109. The molecule has 0 aliphatic carbocycles. The van der Waals surface area contributed by atoms with E-state index in [1.165, 1.54) is 16.5 Å². The van der Waals surface area contributed by atoms with Crippen molar-refractivity contribution < 1.29 is 4.79 Å². The Morgan fingerprint density at radius 1 is 1.31 bits per heavy atom. The molecule has 1 aliphatic rings. The van der Waals surface area contributed by atoms with Crippen LogP contribution in [0.25, 0.3) is 6.08 Å². The summed E-state index contributed by atoms with van der Waals surface area (Å²) in [7, 11) is 0. The first-order chi connectivity index (χ1) is 14.2. The lowest BCUT2D eigenvalue weighted by Crippen LogP contribution is -2.43. The van der Waals surface area contributed by atoms with Gasteiger partial charge in [0.25, 0.3) is 0 Å². The summed E-state index contributed by atoms with van der Waals surface area (Å²) in [4.78, 5) is 16.1. The van der Waals surface area contributed by atoms with Crippen LogP contribution in [0.3, 0.4) is 0 Å². The van der Waals surface area contributed by atoms with Crippen LogP contribution in [0.1, 0.15) is 28.6 Å². The molecule has 1 aromatic carbocycles. The van der Waals surface area contributed by atoms with Gasteiger partial charge in [0.1, 0.15) is 5.69 Å². The van der Waals surface area contributed by atoms with Gasteiger partial charge >= 0.3 is 0 Å². The smallest absolute Gasteiger partial charge is 0.244 e. The molecule has 0 spiro atoms. The zero-order valence-corrected chi connectivity index (χ0v) is 17.3. The molecule has 0 saturated carbocycles. The molecule has 6 nitrogen and oxygen atoms in total. The monoisotopic (exact) mass is 407 g/mol. The molecule has 7 heteroatoms. The van der Waals surface area contributed by atoms with Crippen LogP contribution in [0.5, 0.6) is 0 Å². The number of nitrogens with one attached hydrogen (secondary N) is 1. The average Bonchev–Trinajstić information content (AvgIpc) is 3.40. The number of carbonyl (C=O) groups excluding carboxylic acids is 1. The van der Waals surface area contributed by atoms with Gasteiger partial charge in [-0.3, -0.25) is 9.69 Å². The van der Waals surface area contributed by atoms with Crippen molar-refractivity contribution in [1.29, 1.82) is 0 Å². The van der Waals surface area contributed by atoms with Gasteiger partial charge < -0.3 is 5.32 Å². The maximum atomic E-state index is 12.2. The van der Waals surface area contributed by atoms with Gasteiger partial charge in [-0.25, -0.2) is 4.68 Å². The van der Waals surface area contributed by atoms with Crippen molar-refractivity contribution in [2.45, 2.75) is 32.5 Å². The number of fused-ring (bicyclic) bond motifs is 1. The molecule has 3 heterocycles. The van der Waals surface area contributed by atoms with Gasteiger partial charge in [-0.2, -0.15) is 0 Å². The molecule has 1 N–H and O–H groups in total. The van der Waals surface area contributed by atoms with E-state index in [0.29, 0.717) is 24.8 Å². The Bertz CT molecular complexity index is 978. The number of hydrogen-bond acceptors (Lipinski definition) is 5. The predicted molar refractivity (Wildman–Crippen MR) is 116 cm³/mol. The molecular weight excluding hydrogens is 382 g/mol. The molecule has 0 fully saturated rings. The van der Waals surface area contributed by atoms with Crippen LogP contribution in [0.2, 0.25) is 0 Å². The highest BCUT2D eigenvalue weighted by atomic mass is 32.1. The molecule has 1 unspecified atom stereocenters. The molecule has 1 aliphatic heterocycles. The van der Waals surface area contributed by atoms with Gasteiger partial charge in [0.05, 0.1) is 12.7 Å². The van der Waals surface area contributed by atoms with E-state index in [9.17, 15) is 4.79 Å². The highest BCUT2D eigenvalue weighted by molar-refractivity contribution is 7.10. The quantitative estimate of drug-likeness (QED) is 0.612. The van der Waals surface area contributed by atoms with E-state index in [-0.39, 0.29) is 5.91 Å². The second kappa shape index (κ2) is 9.15. The molecule has 0 radical (unpaired) electrons. The van der Waals surface area contributed by atoms with Gasteiger partial charge in [-0.05, 0) is 42.0 Å². The first-order valence-electron chi connectivity index (χ1n) is 9.86. The Kier molecular flexibility index (Phi) is 6.17. The second-order valence-electron chi connectivity index (χ2n) is 7.34. The van der Waals surface area contributed by atoms with Gasteiger partial charge in [-0.1, -0.05) is 35.5 Å². The van der Waals surface area contributed by atoms with Crippen LogP contribution < -0.4 is 5.32 Å². The summed E-state index contributed by atoms with van der Waals surface area (Å²) in [5.41, 5.74) is 3.26. The molecule has 0 saturated heterocycles. The lowest BCUT2D eigenvalue weighted by Gasteiger charge is -2.32. The van der Waals surface area contributed by atoms with Crippen LogP contribution in [-0.2, 0) is 24.3 Å². The van der Waals surface area contributed by atoms with E-state index in [2.05, 4.69) is 38.9 Å². The number of thiophene rings is 1. The van der Waals surface area contributed by atoms with Crippen LogP contribution in [-0.4, -0.2) is 44.9 Å². The fraction of sp³-hybridized carbons (Fsp3) is 0.318. The fourth-order valence-electron chi connectivity index (χ4n) is 3.48. The van der Waals surface area contributed by atoms with Gasteiger partial charge in [-0.15, -0.1) is 16.4 Å². The Labute approximate surface area is 174 Å². The standard InChI is InChI=1S/C22H25N5OS/c1-17(26-11-9-21-19(15-26)10-12-29-21)13-23-22(28)8-7-20-16-27(25-24-20)14-18-5-3-2-4-6-18/h2-8,10,12,16-17H,9,11,13-15H2,1H3,(H,23,28)/b8-7+. The number of benzene rings is 1. The van der Waals surface area contributed by atoms with Crippen molar-refractivity contribution in [2.75, 3.05) is 13.1 Å². The zero-order valence-electron chi connectivity index (χ0n) is 16.5. The Balaban J connectivity index is 1.24. The molecule has 3 aromatic rings. The van der Waals surface area contributed by atoms with Crippen molar-refractivity contribution in [3.05, 3.63) is 75.7 Å². The van der Waals surface area contributed by atoms with E-state index in [0.717, 1.165) is 25.1 Å². The molecule has 2 aromatic heterocycles. The second-order valence-corrected chi connectivity index (χ2v) is 8.34. The number of amides is 1. The summed E-state index contributed by atoms with van der Waals surface area (Å²) >= 11 is 1.85. The van der Waals surface area contributed by atoms with Crippen molar-refractivity contribution in [3.63, 3.8) is 0 Å². The first-order valence-corrected chi connectivity index (χ1v) is 10.7. The van der Waals surface area contributed by atoms with E-state index in [4.69, 9.17) is 0 Å². The highest BCUT2D eigenvalue weighted by Gasteiger charge is 2.21. The summed E-state index contributed by atoms with van der Waals surface area (Å²) in [6.07, 6.45) is 6.17. The predicted octanol–water partition coefficient (Wildman–Crippen LogP) is 2.96. The van der Waals surface area contributed by atoms with Crippen LogP contribution in [0.15, 0.2) is 54.1 Å². The van der Waals surface area contributed by atoms with Gasteiger partial charge in [0.15, 0.2) is 0 Å². The Hall–Kier alpha value is -2.77. The Morgan fingerprint density at radius 2 is 2.17 bits per heavy atom. The number of hydrogen-bond donors (Lipinski definition) is 1. The third kappa shape index (κ3) is 5.19. The molecule has 1 atom stereocenters. The minimum atomic E-state index is -0.109. The third-order valence-corrected chi connectivity index (χ3v) is 6.20. The number of aromatic nitrogens is 3. The van der Waals surface area contributed by atoms with E-state index < -0.39 is 0 Å². The largest absolute Gasteiger partial charge is 0.351 e.